The largest absolute Gasteiger partial charge is 0.497 e. The Morgan fingerprint density at radius 2 is 2.03 bits per heavy atom. The van der Waals surface area contributed by atoms with E-state index in [9.17, 15) is 14.3 Å². The van der Waals surface area contributed by atoms with Gasteiger partial charge in [0.15, 0.2) is 11.9 Å². The van der Waals surface area contributed by atoms with Gasteiger partial charge in [0.25, 0.3) is 5.09 Å². The van der Waals surface area contributed by atoms with Crippen molar-refractivity contribution in [1.29, 1.82) is 0 Å². The van der Waals surface area contributed by atoms with Gasteiger partial charge in [0.2, 0.25) is 0 Å². The van der Waals surface area contributed by atoms with Crippen LogP contribution in [0.15, 0.2) is 29.4 Å². The highest BCUT2D eigenvalue weighted by molar-refractivity contribution is 7.99. The highest BCUT2D eigenvalue weighted by Gasteiger charge is 2.27. The second kappa shape index (κ2) is 9.08. The molecule has 0 fully saturated rings. The van der Waals surface area contributed by atoms with E-state index in [1.807, 2.05) is 19.9 Å². The molecule has 30 heavy (non-hydrogen) atoms. The minimum Gasteiger partial charge on any atom is -0.497 e. The van der Waals surface area contributed by atoms with Crippen molar-refractivity contribution in [3.8, 4) is 11.5 Å². The number of methoxy groups -OCH3 is 2. The predicted molar refractivity (Wildman–Crippen MR) is 111 cm³/mol. The van der Waals surface area contributed by atoms with Crippen molar-refractivity contribution in [3.63, 3.8) is 0 Å². The molecule has 0 saturated heterocycles. The summed E-state index contributed by atoms with van der Waals surface area (Å²) in [7, 11) is 1.49. The zero-order chi connectivity index (χ0) is 21.8. The van der Waals surface area contributed by atoms with Crippen molar-refractivity contribution in [1.82, 2.24) is 9.88 Å². The first-order valence-corrected chi connectivity index (χ1v) is 10.3. The number of hydrogen-bond acceptors (Lipinski definition) is 9. The van der Waals surface area contributed by atoms with Crippen LogP contribution in [0.3, 0.4) is 0 Å². The third-order valence-electron chi connectivity index (χ3n) is 4.68. The summed E-state index contributed by atoms with van der Waals surface area (Å²) >= 11 is 0. The van der Waals surface area contributed by atoms with Gasteiger partial charge >= 0.3 is 0 Å². The SMILES string of the molecule is COc1ccc2c(c1)N=C(S(=O)Cc1ncc(C)c(OC)c1C)N(CO[N+](=O)[O-])C2. The minimum absolute atomic E-state index is 0.0789. The molecular formula is C19H22N4O6S. The Bertz CT molecular complexity index is 1030. The van der Waals surface area contributed by atoms with E-state index in [1.54, 1.807) is 32.5 Å². The van der Waals surface area contributed by atoms with Crippen LogP contribution in [0.1, 0.15) is 22.4 Å². The zero-order valence-electron chi connectivity index (χ0n) is 17.1. The quantitative estimate of drug-likeness (QED) is 0.482. The molecule has 0 N–H and O–H groups in total. The number of pyridine rings is 1. The number of hydrogen-bond donors (Lipinski definition) is 0. The Hall–Kier alpha value is -3.21. The monoisotopic (exact) mass is 434 g/mol. The van der Waals surface area contributed by atoms with Crippen LogP contribution in [0.4, 0.5) is 5.69 Å². The van der Waals surface area contributed by atoms with E-state index in [0.29, 0.717) is 22.9 Å². The van der Waals surface area contributed by atoms with E-state index < -0.39 is 15.9 Å². The van der Waals surface area contributed by atoms with E-state index in [0.717, 1.165) is 16.7 Å². The van der Waals surface area contributed by atoms with Crippen molar-refractivity contribution < 1.29 is 23.6 Å². The lowest BCUT2D eigenvalue weighted by Crippen LogP contribution is -2.38. The molecule has 1 aromatic heterocycles. The molecule has 0 radical (unpaired) electrons. The number of aromatic nitrogens is 1. The number of fused-ring (bicyclic) bond motifs is 1. The molecule has 0 amide bonds. The maximum absolute atomic E-state index is 13.2. The van der Waals surface area contributed by atoms with E-state index in [4.69, 9.17) is 9.47 Å². The Morgan fingerprint density at radius 3 is 2.70 bits per heavy atom. The van der Waals surface area contributed by atoms with Crippen LogP contribution in [0.25, 0.3) is 0 Å². The molecule has 11 heteroatoms. The summed E-state index contributed by atoms with van der Waals surface area (Å²) in [6.45, 7) is 3.61. The van der Waals surface area contributed by atoms with Gasteiger partial charge in [-0.25, -0.2) is 4.99 Å². The standard InChI is InChI=1S/C19H22N4O6S/c1-12-8-20-17(13(2)18(12)28-4)10-30(26)19-21-16-7-15(27-3)6-5-14(16)9-22(19)11-29-23(24)25/h5-8H,9-11H2,1-4H3. The van der Waals surface area contributed by atoms with Gasteiger partial charge < -0.3 is 14.4 Å². The molecule has 0 saturated carbocycles. The van der Waals surface area contributed by atoms with E-state index >= 15 is 0 Å². The average Bonchev–Trinajstić information content (AvgIpc) is 2.73. The van der Waals surface area contributed by atoms with Gasteiger partial charge in [-0.3, -0.25) is 14.0 Å². The topological polar surface area (TPSA) is 116 Å². The van der Waals surface area contributed by atoms with Crippen molar-refractivity contribution in [2.45, 2.75) is 26.1 Å². The lowest BCUT2D eigenvalue weighted by atomic mass is 10.1. The molecule has 0 bridgehead atoms. The van der Waals surface area contributed by atoms with Crippen LogP contribution in [-0.4, -0.2) is 45.3 Å². The molecule has 1 aliphatic heterocycles. The Morgan fingerprint density at radius 1 is 1.27 bits per heavy atom. The van der Waals surface area contributed by atoms with Gasteiger partial charge in [-0.05, 0) is 25.5 Å². The molecule has 160 valence electrons. The Labute approximate surface area is 176 Å². The molecule has 1 atom stereocenters. The van der Waals surface area contributed by atoms with Crippen LogP contribution < -0.4 is 9.47 Å². The summed E-state index contributed by atoms with van der Waals surface area (Å²) in [4.78, 5) is 25.6. The first-order valence-electron chi connectivity index (χ1n) is 8.99. The maximum Gasteiger partial charge on any atom is 0.296 e. The van der Waals surface area contributed by atoms with Crippen LogP contribution in [0.5, 0.6) is 11.5 Å². The van der Waals surface area contributed by atoms with Crippen molar-refractivity contribution in [2.75, 3.05) is 21.0 Å². The molecule has 0 spiro atoms. The van der Waals surface area contributed by atoms with Gasteiger partial charge in [0.05, 0.1) is 42.2 Å². The van der Waals surface area contributed by atoms with E-state index in [-0.39, 0.29) is 24.2 Å². The smallest absolute Gasteiger partial charge is 0.296 e. The fraction of sp³-hybridized carbons (Fsp3) is 0.368. The average molecular weight is 434 g/mol. The first-order chi connectivity index (χ1) is 14.3. The fourth-order valence-corrected chi connectivity index (χ4v) is 4.45. The van der Waals surface area contributed by atoms with Crippen molar-refractivity contribution in [3.05, 3.63) is 56.9 Å². The number of aryl methyl sites for hydroxylation is 1. The third-order valence-corrected chi connectivity index (χ3v) is 5.97. The molecule has 0 aliphatic carbocycles. The molecular weight excluding hydrogens is 412 g/mol. The second-order valence-corrected chi connectivity index (χ2v) is 7.95. The summed E-state index contributed by atoms with van der Waals surface area (Å²) < 4.78 is 23.9. The summed E-state index contributed by atoms with van der Waals surface area (Å²) in [6, 6.07) is 5.32. The molecule has 10 nitrogen and oxygen atoms in total. The first kappa shape index (κ1) is 21.5. The second-order valence-electron chi connectivity index (χ2n) is 6.60. The number of amidine groups is 1. The molecule has 1 aliphatic rings. The van der Waals surface area contributed by atoms with Crippen LogP contribution >= 0.6 is 0 Å². The predicted octanol–water partition coefficient (Wildman–Crippen LogP) is 2.63. The Kier molecular flexibility index (Phi) is 6.50. The van der Waals surface area contributed by atoms with Gasteiger partial charge in [-0.15, -0.1) is 10.1 Å². The number of ether oxygens (including phenoxy) is 2. The van der Waals surface area contributed by atoms with Crippen LogP contribution in [0.2, 0.25) is 0 Å². The molecule has 2 aromatic rings. The number of nitrogens with zero attached hydrogens (tertiary/aromatic N) is 4. The summed E-state index contributed by atoms with van der Waals surface area (Å²) in [5.74, 6) is 1.37. The van der Waals surface area contributed by atoms with Crippen LogP contribution in [0, 0.1) is 24.0 Å². The zero-order valence-corrected chi connectivity index (χ0v) is 17.9. The van der Waals surface area contributed by atoms with E-state index in [2.05, 4.69) is 14.8 Å². The molecule has 3 rings (SSSR count). The minimum atomic E-state index is -1.63. The number of rotatable bonds is 7. The summed E-state index contributed by atoms with van der Waals surface area (Å²) in [5, 5.41) is 9.98. The van der Waals surface area contributed by atoms with E-state index in [1.165, 1.54) is 4.90 Å². The number of aliphatic imine (C=N–C) groups is 1. The molecule has 1 aromatic carbocycles. The highest BCUT2D eigenvalue weighted by Crippen LogP contribution is 2.32. The number of benzene rings is 1. The Balaban J connectivity index is 1.95. The van der Waals surface area contributed by atoms with Crippen molar-refractivity contribution >= 4 is 21.7 Å². The molecule has 1 unspecified atom stereocenters. The van der Waals surface area contributed by atoms with Crippen LogP contribution in [-0.2, 0) is 27.9 Å². The summed E-state index contributed by atoms with van der Waals surface area (Å²) in [6.07, 6.45) is 1.66. The van der Waals surface area contributed by atoms with Gasteiger partial charge in [-0.2, -0.15) is 0 Å². The third kappa shape index (κ3) is 4.51. The highest BCUT2D eigenvalue weighted by atomic mass is 32.2. The maximum atomic E-state index is 13.2. The normalized spacial score (nSPS) is 13.9. The lowest BCUT2D eigenvalue weighted by molar-refractivity contribution is -0.761. The molecule has 2 heterocycles. The van der Waals surface area contributed by atoms with Gasteiger partial charge in [-0.1, -0.05) is 6.07 Å². The van der Waals surface area contributed by atoms with Gasteiger partial charge in [0, 0.05) is 29.9 Å². The fourth-order valence-electron chi connectivity index (χ4n) is 3.17. The lowest BCUT2D eigenvalue weighted by Gasteiger charge is -2.29. The van der Waals surface area contributed by atoms with Gasteiger partial charge in [0.1, 0.15) is 11.5 Å². The summed E-state index contributed by atoms with van der Waals surface area (Å²) in [5.41, 5.74) is 3.68. The van der Waals surface area contributed by atoms with Crippen molar-refractivity contribution in [2.24, 2.45) is 4.99 Å².